The van der Waals surface area contributed by atoms with E-state index in [0.29, 0.717) is 6.10 Å². The highest BCUT2D eigenvalue weighted by molar-refractivity contribution is 7.99. The summed E-state index contributed by atoms with van der Waals surface area (Å²) >= 11 is 2.02. The molecule has 1 aromatic rings. The average molecular weight is 305 g/mol. The number of anilines is 1. The maximum atomic E-state index is 6.39. The molecule has 114 valence electrons. The van der Waals surface area contributed by atoms with Crippen molar-refractivity contribution in [2.45, 2.75) is 43.8 Å². The lowest BCUT2D eigenvalue weighted by Gasteiger charge is -2.38. The second-order valence-corrected chi connectivity index (χ2v) is 7.49. The van der Waals surface area contributed by atoms with Crippen molar-refractivity contribution in [3.63, 3.8) is 0 Å². The molecule has 2 saturated heterocycles. The van der Waals surface area contributed by atoms with Crippen molar-refractivity contribution in [3.05, 3.63) is 23.8 Å². The first-order valence-corrected chi connectivity index (χ1v) is 9.24. The zero-order chi connectivity index (χ0) is 14.1. The number of fused-ring (bicyclic) bond motifs is 1. The molecule has 0 bridgehead atoms. The molecule has 0 aromatic heterocycles. The summed E-state index contributed by atoms with van der Waals surface area (Å²) in [5, 5.41) is 3.52. The summed E-state index contributed by atoms with van der Waals surface area (Å²) in [6.45, 7) is 1.90. The van der Waals surface area contributed by atoms with Crippen LogP contribution >= 0.6 is 11.8 Å². The van der Waals surface area contributed by atoms with Crippen LogP contribution in [0.25, 0.3) is 0 Å². The largest absolute Gasteiger partial charge is 0.488 e. The number of nitrogens with one attached hydrogen (secondary N) is 1. The first kappa shape index (κ1) is 13.8. The molecule has 4 rings (SSSR count). The summed E-state index contributed by atoms with van der Waals surface area (Å²) in [6.07, 6.45) is 5.91. The van der Waals surface area contributed by atoms with Crippen LogP contribution in [0, 0.1) is 0 Å². The first-order chi connectivity index (χ1) is 10.3. The van der Waals surface area contributed by atoms with Gasteiger partial charge in [0.05, 0.1) is 17.9 Å². The van der Waals surface area contributed by atoms with Crippen LogP contribution in [0.5, 0.6) is 5.75 Å². The molecule has 21 heavy (non-hydrogen) atoms. The Kier molecular flexibility index (Phi) is 3.76. The van der Waals surface area contributed by atoms with Gasteiger partial charge in [-0.1, -0.05) is 12.1 Å². The molecule has 4 heteroatoms. The minimum absolute atomic E-state index is 0.0931. The topological polar surface area (TPSA) is 30.5 Å². The van der Waals surface area contributed by atoms with Gasteiger partial charge in [-0.25, -0.2) is 0 Å². The number of hydrogen-bond acceptors (Lipinski definition) is 4. The molecule has 0 amide bonds. The van der Waals surface area contributed by atoms with Crippen molar-refractivity contribution in [1.82, 2.24) is 0 Å². The highest BCUT2D eigenvalue weighted by Crippen LogP contribution is 2.40. The van der Waals surface area contributed by atoms with E-state index in [9.17, 15) is 0 Å². The first-order valence-electron chi connectivity index (χ1n) is 8.09. The van der Waals surface area contributed by atoms with Crippen molar-refractivity contribution in [2.75, 3.05) is 30.0 Å². The molecule has 3 aliphatic rings. The number of aryl methyl sites for hydroxylation is 1. The molecule has 2 fully saturated rings. The van der Waals surface area contributed by atoms with Crippen LogP contribution in [0.15, 0.2) is 18.2 Å². The minimum Gasteiger partial charge on any atom is -0.488 e. The number of ether oxygens (including phenoxy) is 2. The molecule has 3 aliphatic heterocycles. The average Bonchev–Trinajstić information content (AvgIpc) is 2.95. The quantitative estimate of drug-likeness (QED) is 0.906. The molecular formula is C17H23NO2S. The lowest BCUT2D eigenvalue weighted by Crippen LogP contribution is -2.43. The van der Waals surface area contributed by atoms with Gasteiger partial charge in [0.15, 0.2) is 0 Å². The molecule has 3 nitrogen and oxygen atoms in total. The molecule has 2 unspecified atom stereocenters. The number of hydrogen-bond donors (Lipinski definition) is 1. The lowest BCUT2D eigenvalue weighted by atomic mass is 9.91. The van der Waals surface area contributed by atoms with Gasteiger partial charge in [0, 0.05) is 25.1 Å². The van der Waals surface area contributed by atoms with E-state index in [1.54, 1.807) is 0 Å². The zero-order valence-corrected chi connectivity index (χ0v) is 13.2. The number of rotatable bonds is 2. The Morgan fingerprint density at radius 3 is 3.29 bits per heavy atom. The van der Waals surface area contributed by atoms with E-state index in [0.717, 1.165) is 43.9 Å². The lowest BCUT2D eigenvalue weighted by molar-refractivity contribution is -0.0958. The van der Waals surface area contributed by atoms with Crippen molar-refractivity contribution in [1.29, 1.82) is 0 Å². The summed E-state index contributed by atoms with van der Waals surface area (Å²) < 4.78 is 12.5. The molecule has 1 spiro atoms. The zero-order valence-electron chi connectivity index (χ0n) is 12.4. The second kappa shape index (κ2) is 5.73. The third-order valence-corrected chi connectivity index (χ3v) is 6.07. The third kappa shape index (κ3) is 2.76. The summed E-state index contributed by atoms with van der Waals surface area (Å²) in [5.74, 6) is 3.41. The summed E-state index contributed by atoms with van der Waals surface area (Å²) in [7, 11) is 0. The van der Waals surface area contributed by atoms with Crippen LogP contribution < -0.4 is 10.1 Å². The van der Waals surface area contributed by atoms with E-state index in [4.69, 9.17) is 9.47 Å². The molecule has 0 radical (unpaired) electrons. The number of thioether (sulfide) groups is 1. The highest BCUT2D eigenvalue weighted by Gasteiger charge is 2.41. The fourth-order valence-electron chi connectivity index (χ4n) is 3.70. The van der Waals surface area contributed by atoms with Crippen LogP contribution in [0.1, 0.15) is 31.2 Å². The van der Waals surface area contributed by atoms with Gasteiger partial charge < -0.3 is 14.8 Å². The van der Waals surface area contributed by atoms with Crippen LogP contribution in [0.2, 0.25) is 0 Å². The van der Waals surface area contributed by atoms with Crippen molar-refractivity contribution >= 4 is 17.4 Å². The normalized spacial score (nSPS) is 31.7. The van der Waals surface area contributed by atoms with Gasteiger partial charge in [0.2, 0.25) is 0 Å². The van der Waals surface area contributed by atoms with E-state index in [1.807, 2.05) is 11.8 Å². The molecule has 2 atom stereocenters. The standard InChI is InChI=1S/C17H23NO2S/c1-3-13-4-2-8-18-16(13)15(5-1)20-14-6-9-19-17(11-14)7-10-21-12-17/h1,3,5,14,18H,2,4,6-12H2. The maximum Gasteiger partial charge on any atom is 0.143 e. The fraction of sp³-hybridized carbons (Fsp3) is 0.647. The van der Waals surface area contributed by atoms with E-state index in [1.165, 1.54) is 29.8 Å². The second-order valence-electron chi connectivity index (χ2n) is 6.39. The molecular weight excluding hydrogens is 282 g/mol. The van der Waals surface area contributed by atoms with E-state index in [-0.39, 0.29) is 5.60 Å². The Bertz CT molecular complexity index is 514. The van der Waals surface area contributed by atoms with Gasteiger partial charge in [-0.05, 0) is 36.6 Å². The minimum atomic E-state index is 0.0931. The number of para-hydroxylation sites is 1. The Labute approximate surface area is 130 Å². The fourth-order valence-corrected chi connectivity index (χ4v) is 5.08. The monoisotopic (exact) mass is 305 g/mol. The van der Waals surface area contributed by atoms with Crippen LogP contribution in [0.3, 0.4) is 0 Å². The molecule has 0 saturated carbocycles. The summed E-state index contributed by atoms with van der Waals surface area (Å²) in [6, 6.07) is 6.46. The van der Waals surface area contributed by atoms with E-state index < -0.39 is 0 Å². The van der Waals surface area contributed by atoms with Gasteiger partial charge in [0.25, 0.3) is 0 Å². The third-order valence-electron chi connectivity index (χ3n) is 4.85. The molecule has 1 aromatic carbocycles. The van der Waals surface area contributed by atoms with Crippen molar-refractivity contribution in [3.8, 4) is 5.75 Å². The predicted molar refractivity (Wildman–Crippen MR) is 87.5 cm³/mol. The Morgan fingerprint density at radius 2 is 2.38 bits per heavy atom. The van der Waals surface area contributed by atoms with Gasteiger partial charge in [0.1, 0.15) is 11.9 Å². The summed E-state index contributed by atoms with van der Waals surface area (Å²) in [5.41, 5.74) is 2.72. The molecule has 1 N–H and O–H groups in total. The van der Waals surface area contributed by atoms with E-state index >= 15 is 0 Å². The van der Waals surface area contributed by atoms with Gasteiger partial charge >= 0.3 is 0 Å². The Morgan fingerprint density at radius 1 is 1.38 bits per heavy atom. The van der Waals surface area contributed by atoms with Gasteiger partial charge in [-0.3, -0.25) is 0 Å². The van der Waals surface area contributed by atoms with Crippen LogP contribution in [-0.2, 0) is 11.2 Å². The van der Waals surface area contributed by atoms with Gasteiger partial charge in [-0.15, -0.1) is 0 Å². The number of benzene rings is 1. The Balaban J connectivity index is 1.51. The van der Waals surface area contributed by atoms with Crippen molar-refractivity contribution < 1.29 is 9.47 Å². The van der Waals surface area contributed by atoms with Crippen molar-refractivity contribution in [2.24, 2.45) is 0 Å². The SMILES string of the molecule is c1cc2c(c(OC3CCOC4(CCSC4)C3)c1)NCCC2. The Hall–Kier alpha value is -0.870. The molecule has 0 aliphatic carbocycles. The predicted octanol–water partition coefficient (Wildman–Crippen LogP) is 3.48. The maximum absolute atomic E-state index is 6.39. The van der Waals surface area contributed by atoms with Gasteiger partial charge in [-0.2, -0.15) is 11.8 Å². The summed E-state index contributed by atoms with van der Waals surface area (Å²) in [4.78, 5) is 0. The highest BCUT2D eigenvalue weighted by atomic mass is 32.2. The molecule has 3 heterocycles. The van der Waals surface area contributed by atoms with Crippen LogP contribution in [-0.4, -0.2) is 36.4 Å². The smallest absolute Gasteiger partial charge is 0.143 e. The van der Waals surface area contributed by atoms with Crippen LogP contribution in [0.4, 0.5) is 5.69 Å². The van der Waals surface area contributed by atoms with E-state index in [2.05, 4.69) is 23.5 Å².